The van der Waals surface area contributed by atoms with E-state index in [4.69, 9.17) is 4.74 Å². The van der Waals surface area contributed by atoms with Gasteiger partial charge in [-0.15, -0.1) is 0 Å². The van der Waals surface area contributed by atoms with E-state index in [1.807, 2.05) is 19.1 Å². The van der Waals surface area contributed by atoms with Gasteiger partial charge in [-0.1, -0.05) is 18.6 Å². The number of hydrogen-bond donors (Lipinski definition) is 1. The second kappa shape index (κ2) is 8.50. The summed E-state index contributed by atoms with van der Waals surface area (Å²) >= 11 is 0. The molecular formula is C19H28N2O4S. The molecule has 6 nitrogen and oxygen atoms in total. The third-order valence-electron chi connectivity index (χ3n) is 5.21. The molecule has 2 atom stereocenters. The summed E-state index contributed by atoms with van der Waals surface area (Å²) < 4.78 is 32.6. The number of carbonyl (C=O) groups excluding carboxylic acids is 1. The first-order chi connectivity index (χ1) is 12.5. The molecule has 1 amide bonds. The van der Waals surface area contributed by atoms with E-state index >= 15 is 0 Å². The normalized spacial score (nSPS) is 24.5. The molecule has 7 heteroatoms. The quantitative estimate of drug-likeness (QED) is 0.820. The number of hydrogen-bond acceptors (Lipinski definition) is 4. The van der Waals surface area contributed by atoms with Gasteiger partial charge in [0.25, 0.3) is 0 Å². The molecule has 2 aliphatic heterocycles. The van der Waals surface area contributed by atoms with Crippen LogP contribution in [-0.4, -0.2) is 50.5 Å². The minimum absolute atomic E-state index is 0.0548. The van der Waals surface area contributed by atoms with Crippen molar-refractivity contribution in [1.29, 1.82) is 0 Å². The highest BCUT2D eigenvalue weighted by atomic mass is 32.2. The number of nitrogens with one attached hydrogen (secondary N) is 1. The Morgan fingerprint density at radius 3 is 2.62 bits per heavy atom. The van der Waals surface area contributed by atoms with Gasteiger partial charge < -0.3 is 10.1 Å². The summed E-state index contributed by atoms with van der Waals surface area (Å²) in [4.78, 5) is 12.3. The Hall–Kier alpha value is -1.44. The maximum atomic E-state index is 12.8. The zero-order valence-corrected chi connectivity index (χ0v) is 16.1. The summed E-state index contributed by atoms with van der Waals surface area (Å²) in [6.45, 7) is 3.75. The van der Waals surface area contributed by atoms with Crippen molar-refractivity contribution in [3.05, 3.63) is 29.8 Å². The fourth-order valence-electron chi connectivity index (χ4n) is 3.62. The minimum atomic E-state index is -3.43. The lowest BCUT2D eigenvalue weighted by atomic mass is 10.1. The van der Waals surface area contributed by atoms with E-state index < -0.39 is 10.0 Å². The van der Waals surface area contributed by atoms with E-state index in [0.717, 1.165) is 37.7 Å². The SMILES string of the molecule is CC1CCCCN1S(=O)(=O)c1ccc(CCNC(=O)C2CCCO2)cc1. The van der Waals surface area contributed by atoms with E-state index in [9.17, 15) is 13.2 Å². The zero-order chi connectivity index (χ0) is 18.6. The van der Waals surface area contributed by atoms with Gasteiger partial charge in [-0.3, -0.25) is 4.79 Å². The van der Waals surface area contributed by atoms with Crippen molar-refractivity contribution in [3.8, 4) is 0 Å². The molecule has 1 aromatic rings. The van der Waals surface area contributed by atoms with Crippen LogP contribution in [-0.2, 0) is 26.0 Å². The monoisotopic (exact) mass is 380 g/mol. The van der Waals surface area contributed by atoms with Crippen LogP contribution in [0.4, 0.5) is 0 Å². The number of amides is 1. The van der Waals surface area contributed by atoms with Crippen molar-refractivity contribution >= 4 is 15.9 Å². The molecule has 1 N–H and O–H groups in total. The molecule has 2 heterocycles. The van der Waals surface area contributed by atoms with Crippen molar-refractivity contribution in [2.75, 3.05) is 19.7 Å². The Balaban J connectivity index is 1.55. The molecule has 3 rings (SSSR count). The highest BCUT2D eigenvalue weighted by molar-refractivity contribution is 7.89. The summed E-state index contributed by atoms with van der Waals surface area (Å²) in [5.74, 6) is -0.0548. The molecule has 2 aliphatic rings. The number of piperidine rings is 1. The molecule has 144 valence electrons. The number of ether oxygens (including phenoxy) is 1. The second-order valence-corrected chi connectivity index (χ2v) is 9.04. The van der Waals surface area contributed by atoms with Crippen molar-refractivity contribution in [3.63, 3.8) is 0 Å². The third kappa shape index (κ3) is 4.45. The molecular weight excluding hydrogens is 352 g/mol. The first kappa shape index (κ1) is 19.3. The van der Waals surface area contributed by atoms with Crippen LogP contribution in [0.25, 0.3) is 0 Å². The summed E-state index contributed by atoms with van der Waals surface area (Å²) in [5.41, 5.74) is 1.00. The molecule has 0 spiro atoms. The van der Waals surface area contributed by atoms with Crippen LogP contribution in [0, 0.1) is 0 Å². The topological polar surface area (TPSA) is 75.7 Å². The second-order valence-electron chi connectivity index (χ2n) is 7.15. The molecule has 0 bridgehead atoms. The van der Waals surface area contributed by atoms with Gasteiger partial charge in [-0.2, -0.15) is 4.31 Å². The van der Waals surface area contributed by atoms with Gasteiger partial charge in [-0.25, -0.2) is 8.42 Å². The van der Waals surface area contributed by atoms with Crippen molar-refractivity contribution in [2.45, 2.75) is 62.5 Å². The van der Waals surface area contributed by atoms with E-state index in [-0.39, 0.29) is 18.1 Å². The first-order valence-corrected chi connectivity index (χ1v) is 10.9. The summed E-state index contributed by atoms with van der Waals surface area (Å²) in [5, 5.41) is 2.89. The van der Waals surface area contributed by atoms with Gasteiger partial charge in [0, 0.05) is 25.7 Å². The van der Waals surface area contributed by atoms with Gasteiger partial charge in [-0.05, 0) is 56.7 Å². The number of carbonyl (C=O) groups is 1. The summed E-state index contributed by atoms with van der Waals surface area (Å²) in [7, 11) is -3.43. The zero-order valence-electron chi connectivity index (χ0n) is 15.3. The molecule has 0 saturated carbocycles. The van der Waals surface area contributed by atoms with Crippen LogP contribution >= 0.6 is 0 Å². The van der Waals surface area contributed by atoms with Crippen LogP contribution < -0.4 is 5.32 Å². The fraction of sp³-hybridized carbons (Fsp3) is 0.632. The molecule has 0 radical (unpaired) electrons. The van der Waals surface area contributed by atoms with Gasteiger partial charge in [0.1, 0.15) is 6.10 Å². The van der Waals surface area contributed by atoms with Crippen LogP contribution in [0.2, 0.25) is 0 Å². The van der Waals surface area contributed by atoms with Gasteiger partial charge in [0.15, 0.2) is 0 Å². The van der Waals surface area contributed by atoms with Crippen molar-refractivity contribution in [1.82, 2.24) is 9.62 Å². The largest absolute Gasteiger partial charge is 0.368 e. The molecule has 26 heavy (non-hydrogen) atoms. The summed E-state index contributed by atoms with van der Waals surface area (Å²) in [6.07, 6.45) is 5.00. The van der Waals surface area contributed by atoms with Crippen LogP contribution in [0.3, 0.4) is 0 Å². The maximum absolute atomic E-state index is 12.8. The van der Waals surface area contributed by atoms with Crippen molar-refractivity contribution < 1.29 is 17.9 Å². The highest BCUT2D eigenvalue weighted by Gasteiger charge is 2.30. The Morgan fingerprint density at radius 2 is 1.96 bits per heavy atom. The Morgan fingerprint density at radius 1 is 1.19 bits per heavy atom. The minimum Gasteiger partial charge on any atom is -0.368 e. The summed E-state index contributed by atoms with van der Waals surface area (Å²) in [6, 6.07) is 7.07. The Kier molecular flexibility index (Phi) is 6.32. The van der Waals surface area contributed by atoms with Crippen molar-refractivity contribution in [2.24, 2.45) is 0 Å². The smallest absolute Gasteiger partial charge is 0.249 e. The predicted molar refractivity (Wildman–Crippen MR) is 99.3 cm³/mol. The molecule has 0 aromatic heterocycles. The van der Waals surface area contributed by atoms with Gasteiger partial charge in [0.2, 0.25) is 15.9 Å². The van der Waals surface area contributed by atoms with Crippen LogP contribution in [0.1, 0.15) is 44.6 Å². The average molecular weight is 381 g/mol. The standard InChI is InChI=1S/C19H28N2O4S/c1-15-5-2-3-13-21(15)26(23,24)17-9-7-16(8-10-17)11-12-20-19(22)18-6-4-14-25-18/h7-10,15,18H,2-6,11-14H2,1H3,(H,20,22). The lowest BCUT2D eigenvalue weighted by molar-refractivity contribution is -0.129. The van der Waals surface area contributed by atoms with E-state index in [2.05, 4.69) is 5.32 Å². The third-order valence-corrected chi connectivity index (χ3v) is 7.23. The van der Waals surface area contributed by atoms with E-state index in [1.165, 1.54) is 0 Å². The number of rotatable bonds is 6. The molecule has 2 unspecified atom stereocenters. The predicted octanol–water partition coefficient (Wildman–Crippen LogP) is 2.09. The average Bonchev–Trinajstić information content (AvgIpc) is 3.17. The Labute approximate surface area is 156 Å². The van der Waals surface area contributed by atoms with E-state index in [0.29, 0.717) is 31.0 Å². The number of sulfonamides is 1. The van der Waals surface area contributed by atoms with E-state index in [1.54, 1.807) is 16.4 Å². The number of nitrogens with zero attached hydrogens (tertiary/aromatic N) is 1. The van der Waals surface area contributed by atoms with Crippen LogP contribution in [0.15, 0.2) is 29.2 Å². The first-order valence-electron chi connectivity index (χ1n) is 9.48. The van der Waals surface area contributed by atoms with Gasteiger partial charge >= 0.3 is 0 Å². The molecule has 2 fully saturated rings. The molecule has 2 saturated heterocycles. The maximum Gasteiger partial charge on any atom is 0.249 e. The fourth-order valence-corrected chi connectivity index (χ4v) is 5.32. The van der Waals surface area contributed by atoms with Crippen LogP contribution in [0.5, 0.6) is 0 Å². The molecule has 0 aliphatic carbocycles. The highest BCUT2D eigenvalue weighted by Crippen LogP contribution is 2.25. The molecule has 1 aromatic carbocycles. The number of benzene rings is 1. The lowest BCUT2D eigenvalue weighted by Crippen LogP contribution is -2.41. The Bertz CT molecular complexity index is 712. The lowest BCUT2D eigenvalue weighted by Gasteiger charge is -2.32. The van der Waals surface area contributed by atoms with Gasteiger partial charge in [0.05, 0.1) is 4.90 Å².